The summed E-state index contributed by atoms with van der Waals surface area (Å²) in [4.78, 5) is 20.7. The van der Waals surface area contributed by atoms with Crippen molar-refractivity contribution >= 4 is 27.3 Å². The summed E-state index contributed by atoms with van der Waals surface area (Å²) in [5.41, 5.74) is 11.1. The normalized spacial score (nSPS) is 11.4. The second-order valence-electron chi connectivity index (χ2n) is 14.2. The van der Waals surface area contributed by atoms with Gasteiger partial charge in [-0.05, 0) is 84.6 Å². The molecule has 6 rings (SSSR count). The zero-order chi connectivity index (χ0) is 39.5. The molecule has 0 saturated heterocycles. The third-order valence-corrected chi connectivity index (χ3v) is 9.67. The predicted molar refractivity (Wildman–Crippen MR) is 224 cm³/mol. The summed E-state index contributed by atoms with van der Waals surface area (Å²) in [7, 11) is 0. The molecular formula is C49H56IrN2O2-2. The zero-order valence-corrected chi connectivity index (χ0v) is 36.0. The van der Waals surface area contributed by atoms with E-state index >= 15 is 0 Å². The molecule has 285 valence electrons. The van der Waals surface area contributed by atoms with Crippen molar-refractivity contribution in [1.82, 2.24) is 9.97 Å². The number of ketones is 1. The molecule has 0 saturated carbocycles. The average Bonchev–Trinajstić information content (AvgIpc) is 3.11. The Bertz CT molecular complexity index is 2210. The first-order valence-corrected chi connectivity index (χ1v) is 19.0. The Balaban J connectivity index is 0.000000223. The summed E-state index contributed by atoms with van der Waals surface area (Å²) >= 11 is 0. The molecule has 0 aliphatic heterocycles. The van der Waals surface area contributed by atoms with E-state index in [1.807, 2.05) is 46.9 Å². The van der Waals surface area contributed by atoms with Crippen molar-refractivity contribution in [1.29, 1.82) is 0 Å². The summed E-state index contributed by atoms with van der Waals surface area (Å²) in [5.74, 6) is 0.547. The van der Waals surface area contributed by atoms with Crippen LogP contribution in [0.25, 0.3) is 44.1 Å². The fraction of sp³-hybridized carbons (Fsp3) is 0.327. The molecule has 0 aliphatic carbocycles. The van der Waals surface area contributed by atoms with Gasteiger partial charge in [0.1, 0.15) is 0 Å². The van der Waals surface area contributed by atoms with Crippen LogP contribution in [0.1, 0.15) is 88.1 Å². The van der Waals surface area contributed by atoms with E-state index in [4.69, 9.17) is 1.37 Å². The largest absolute Gasteiger partial charge is 0.512 e. The third-order valence-electron chi connectivity index (χ3n) is 9.67. The van der Waals surface area contributed by atoms with E-state index in [0.29, 0.717) is 6.17 Å². The van der Waals surface area contributed by atoms with Gasteiger partial charge in [-0.1, -0.05) is 103 Å². The molecule has 5 heteroatoms. The molecule has 0 atom stereocenters. The second kappa shape index (κ2) is 20.9. The number of pyridine rings is 2. The van der Waals surface area contributed by atoms with Crippen LogP contribution in [0.2, 0.25) is 0 Å². The molecule has 1 radical (unpaired) electrons. The Morgan fingerprint density at radius 2 is 1.11 bits per heavy atom. The zero-order valence-electron chi connectivity index (χ0n) is 34.6. The fourth-order valence-corrected chi connectivity index (χ4v) is 6.79. The maximum Gasteiger partial charge on any atom is 0.162 e. The maximum absolute atomic E-state index is 11.7. The van der Waals surface area contributed by atoms with E-state index in [0.717, 1.165) is 70.1 Å². The number of carbonyl (C=O) groups excluding carboxylic acids is 1. The SMILES string of the molecule is CCC(CC)C(=O)/C=C(\O)C(CC)CC.Cc1[c-]c(-c2nccc3cc(C)ccc23)cc(C)c1.[2H]c1cc2cc(C)ccc2c(-c2[c-]c(C)cc(C)c2)n1.[Ir]. The molecule has 0 aliphatic rings. The minimum absolute atomic E-state index is 0. The summed E-state index contributed by atoms with van der Waals surface area (Å²) in [5, 5.41) is 14.3. The molecule has 0 unspecified atom stereocenters. The summed E-state index contributed by atoms with van der Waals surface area (Å²) in [6.07, 6.45) is 7.08. The van der Waals surface area contributed by atoms with Crippen molar-refractivity contribution < 1.29 is 31.4 Å². The Kier molecular flexibility index (Phi) is 16.3. The molecular weight excluding hydrogens is 841 g/mol. The summed E-state index contributed by atoms with van der Waals surface area (Å²) in [6, 6.07) is 31.8. The molecule has 0 fully saturated rings. The number of fused-ring (bicyclic) bond motifs is 2. The number of aromatic nitrogens is 2. The molecule has 0 spiro atoms. The smallest absolute Gasteiger partial charge is 0.162 e. The molecule has 1 N–H and O–H groups in total. The van der Waals surface area contributed by atoms with Crippen LogP contribution in [-0.4, -0.2) is 20.9 Å². The number of aryl methyl sites for hydroxylation is 6. The van der Waals surface area contributed by atoms with Gasteiger partial charge in [0.25, 0.3) is 0 Å². The minimum Gasteiger partial charge on any atom is -0.512 e. The van der Waals surface area contributed by atoms with Gasteiger partial charge in [0.2, 0.25) is 0 Å². The number of hydrogen-bond donors (Lipinski definition) is 1. The van der Waals surface area contributed by atoms with Gasteiger partial charge in [0.15, 0.2) is 5.78 Å². The molecule has 54 heavy (non-hydrogen) atoms. The Hall–Kier alpha value is -4.44. The standard InChI is InChI=1S/2C18H16N.C13H24O2.Ir/c2*1-12-4-5-17-15(9-12)6-7-19-18(17)16-10-13(2)8-14(3)11-16;1-5-10(6-2)12(14)9-13(15)11(7-3)8-4;/h2*4-10H,1-3H3;9-11,14H,5-8H2,1-4H3;/q2*-1;;/b;;12-9-;/i7D;;;. The number of hydrogen-bond acceptors (Lipinski definition) is 4. The van der Waals surface area contributed by atoms with Crippen molar-refractivity contribution in [3.63, 3.8) is 0 Å². The first-order chi connectivity index (χ1) is 25.8. The number of nitrogens with zero attached hydrogens (tertiary/aromatic N) is 2. The number of carbonyl (C=O) groups is 1. The molecule has 2 aromatic heterocycles. The van der Waals surface area contributed by atoms with Crippen LogP contribution in [0.15, 0.2) is 97.0 Å². The van der Waals surface area contributed by atoms with Gasteiger partial charge >= 0.3 is 0 Å². The number of aliphatic hydroxyl groups excluding tert-OH is 1. The molecule has 0 amide bonds. The Labute approximate surface area is 339 Å². The molecule has 4 nitrogen and oxygen atoms in total. The van der Waals surface area contributed by atoms with Crippen LogP contribution in [-0.2, 0) is 24.9 Å². The number of aliphatic hydroxyl groups is 1. The van der Waals surface area contributed by atoms with Gasteiger partial charge in [-0.2, -0.15) is 0 Å². The molecule has 6 aromatic rings. The van der Waals surface area contributed by atoms with Crippen LogP contribution in [0, 0.1) is 65.5 Å². The van der Waals surface area contributed by atoms with Crippen LogP contribution in [0.5, 0.6) is 0 Å². The molecule has 0 bridgehead atoms. The van der Waals surface area contributed by atoms with Crippen molar-refractivity contribution in [2.75, 3.05) is 0 Å². The topological polar surface area (TPSA) is 63.1 Å². The summed E-state index contributed by atoms with van der Waals surface area (Å²) < 4.78 is 7.92. The van der Waals surface area contributed by atoms with Crippen LogP contribution in [0.4, 0.5) is 0 Å². The minimum atomic E-state index is 0. The van der Waals surface area contributed by atoms with Crippen LogP contribution in [0.3, 0.4) is 0 Å². The van der Waals surface area contributed by atoms with Crippen molar-refractivity contribution in [2.45, 2.75) is 94.9 Å². The van der Waals surface area contributed by atoms with Gasteiger partial charge in [-0.15, -0.1) is 69.8 Å². The van der Waals surface area contributed by atoms with Gasteiger partial charge in [-0.3, -0.25) is 4.79 Å². The van der Waals surface area contributed by atoms with Crippen molar-refractivity contribution in [3.05, 3.63) is 143 Å². The number of benzene rings is 4. The first kappa shape index (κ1) is 42.3. The van der Waals surface area contributed by atoms with Crippen LogP contribution < -0.4 is 0 Å². The summed E-state index contributed by atoms with van der Waals surface area (Å²) in [6.45, 7) is 20.5. The fourth-order valence-electron chi connectivity index (χ4n) is 6.79. The van der Waals surface area contributed by atoms with Crippen LogP contribution >= 0.6 is 0 Å². The predicted octanol–water partition coefficient (Wildman–Crippen LogP) is 13.1. The van der Waals surface area contributed by atoms with Gasteiger partial charge in [0, 0.05) is 50.4 Å². The quantitative estimate of drug-likeness (QED) is 0.0892. The molecule has 4 aromatic carbocycles. The maximum atomic E-state index is 11.7. The monoisotopic (exact) mass is 898 g/mol. The second-order valence-corrected chi connectivity index (χ2v) is 14.2. The number of allylic oxidation sites excluding steroid dienone is 2. The number of rotatable bonds is 9. The van der Waals surface area contributed by atoms with E-state index in [9.17, 15) is 9.90 Å². The van der Waals surface area contributed by atoms with Crippen molar-refractivity contribution in [3.8, 4) is 22.5 Å². The van der Waals surface area contributed by atoms with Gasteiger partial charge in [0.05, 0.1) is 7.13 Å². The van der Waals surface area contributed by atoms with Gasteiger partial charge in [-0.25, -0.2) is 0 Å². The van der Waals surface area contributed by atoms with E-state index in [2.05, 4.69) is 123 Å². The first-order valence-electron chi connectivity index (χ1n) is 19.5. The average molecular weight is 898 g/mol. The van der Waals surface area contributed by atoms with Gasteiger partial charge < -0.3 is 15.1 Å². The van der Waals surface area contributed by atoms with E-state index in [-0.39, 0.29) is 43.5 Å². The Morgan fingerprint density at radius 3 is 1.57 bits per heavy atom. The third kappa shape index (κ3) is 11.8. The van der Waals surface area contributed by atoms with Crippen molar-refractivity contribution in [2.24, 2.45) is 11.8 Å². The van der Waals surface area contributed by atoms with E-state index < -0.39 is 0 Å². The molecule has 2 heterocycles. The van der Waals surface area contributed by atoms with E-state index in [1.54, 1.807) is 0 Å². The van der Waals surface area contributed by atoms with E-state index in [1.165, 1.54) is 39.1 Å². The Morgan fingerprint density at radius 1 is 0.648 bits per heavy atom.